The summed E-state index contributed by atoms with van der Waals surface area (Å²) < 4.78 is 5.78. The molecule has 0 aromatic heterocycles. The van der Waals surface area contributed by atoms with E-state index in [-0.39, 0.29) is 18.1 Å². The van der Waals surface area contributed by atoms with Crippen molar-refractivity contribution in [2.75, 3.05) is 6.54 Å². The van der Waals surface area contributed by atoms with Crippen LogP contribution in [-0.2, 0) is 16.1 Å². The molecule has 3 rings (SSSR count). The topological polar surface area (TPSA) is 61.8 Å². The Kier molecular flexibility index (Phi) is 3.03. The molecular formula is C13H16N2O3. The van der Waals surface area contributed by atoms with E-state index in [9.17, 15) is 9.90 Å². The quantitative estimate of drug-likeness (QED) is 0.793. The van der Waals surface area contributed by atoms with Crippen LogP contribution in [0.4, 0.5) is 0 Å². The third-order valence-corrected chi connectivity index (χ3v) is 3.49. The van der Waals surface area contributed by atoms with Crippen molar-refractivity contribution in [3.63, 3.8) is 0 Å². The molecule has 2 aliphatic heterocycles. The Bertz CT molecular complexity index is 437. The summed E-state index contributed by atoms with van der Waals surface area (Å²) in [4.78, 5) is 11.3. The highest BCUT2D eigenvalue weighted by Gasteiger charge is 2.47. The van der Waals surface area contributed by atoms with Gasteiger partial charge in [-0.1, -0.05) is 30.3 Å². The minimum Gasteiger partial charge on any atom is -0.389 e. The molecule has 2 N–H and O–H groups in total. The molecule has 5 heteroatoms. The zero-order valence-electron chi connectivity index (χ0n) is 9.95. The molecule has 0 unspecified atom stereocenters. The minimum atomic E-state index is -0.542. The standard InChI is InChI=1S/C13H16N2O3/c16-11-7-15-10(6-12(17)14-15)13(11)18-8-9-4-2-1-3-5-9/h1-5,10-11,13,16H,6-8H2,(H,14,17)/t10-,11+,13+/m0/s1. The molecule has 2 saturated heterocycles. The molecule has 0 aliphatic carbocycles. The van der Waals surface area contributed by atoms with Crippen LogP contribution in [0.15, 0.2) is 30.3 Å². The Morgan fingerprint density at radius 3 is 2.94 bits per heavy atom. The van der Waals surface area contributed by atoms with Crippen LogP contribution >= 0.6 is 0 Å². The fourth-order valence-corrected chi connectivity index (χ4v) is 2.61. The third kappa shape index (κ3) is 2.12. The summed E-state index contributed by atoms with van der Waals surface area (Å²) >= 11 is 0. The molecule has 2 fully saturated rings. The average molecular weight is 248 g/mol. The van der Waals surface area contributed by atoms with Gasteiger partial charge in [-0.2, -0.15) is 0 Å². The van der Waals surface area contributed by atoms with Crippen LogP contribution in [0.2, 0.25) is 0 Å². The van der Waals surface area contributed by atoms with Gasteiger partial charge in [0.1, 0.15) is 6.10 Å². The van der Waals surface area contributed by atoms with E-state index >= 15 is 0 Å². The van der Waals surface area contributed by atoms with Gasteiger partial charge in [0.2, 0.25) is 5.91 Å². The van der Waals surface area contributed by atoms with Crippen LogP contribution in [0, 0.1) is 0 Å². The van der Waals surface area contributed by atoms with Gasteiger partial charge < -0.3 is 9.84 Å². The Hall–Kier alpha value is -1.43. The largest absolute Gasteiger partial charge is 0.389 e. The highest BCUT2D eigenvalue weighted by molar-refractivity contribution is 5.78. The summed E-state index contributed by atoms with van der Waals surface area (Å²) in [5.41, 5.74) is 3.80. The molecule has 5 nitrogen and oxygen atoms in total. The molecule has 1 amide bonds. The SMILES string of the molecule is O=C1C[C@H]2[C@@H](OCc3ccccc3)[C@H](O)CN2N1. The molecule has 3 atom stereocenters. The first-order valence-electron chi connectivity index (χ1n) is 6.14. The van der Waals surface area contributed by atoms with Crippen molar-refractivity contribution in [3.05, 3.63) is 35.9 Å². The lowest BCUT2D eigenvalue weighted by Crippen LogP contribution is -2.36. The van der Waals surface area contributed by atoms with Crippen molar-refractivity contribution in [3.8, 4) is 0 Å². The molecule has 0 spiro atoms. The minimum absolute atomic E-state index is 0.000195. The molecule has 2 heterocycles. The van der Waals surface area contributed by atoms with Crippen molar-refractivity contribution < 1.29 is 14.6 Å². The summed E-state index contributed by atoms with van der Waals surface area (Å²) in [6.07, 6.45) is -0.445. The monoisotopic (exact) mass is 248 g/mol. The van der Waals surface area contributed by atoms with E-state index < -0.39 is 6.10 Å². The van der Waals surface area contributed by atoms with E-state index in [4.69, 9.17) is 4.74 Å². The van der Waals surface area contributed by atoms with Gasteiger partial charge in [0, 0.05) is 13.0 Å². The molecule has 18 heavy (non-hydrogen) atoms. The van der Waals surface area contributed by atoms with E-state index in [0.717, 1.165) is 5.56 Å². The number of aliphatic hydroxyl groups excluding tert-OH is 1. The maximum absolute atomic E-state index is 11.3. The highest BCUT2D eigenvalue weighted by atomic mass is 16.5. The third-order valence-electron chi connectivity index (χ3n) is 3.49. The van der Waals surface area contributed by atoms with Gasteiger partial charge >= 0.3 is 0 Å². The Labute approximate surface area is 105 Å². The van der Waals surface area contributed by atoms with Crippen molar-refractivity contribution in [1.29, 1.82) is 0 Å². The van der Waals surface area contributed by atoms with Gasteiger partial charge in [-0.15, -0.1) is 0 Å². The van der Waals surface area contributed by atoms with Gasteiger partial charge in [-0.05, 0) is 5.56 Å². The lowest BCUT2D eigenvalue weighted by molar-refractivity contribution is -0.121. The van der Waals surface area contributed by atoms with Gasteiger partial charge in [-0.3, -0.25) is 10.2 Å². The molecule has 96 valence electrons. The number of hydrogen-bond acceptors (Lipinski definition) is 4. The van der Waals surface area contributed by atoms with E-state index in [0.29, 0.717) is 19.6 Å². The predicted octanol–water partition coefficient (Wildman–Crippen LogP) is 0.0518. The van der Waals surface area contributed by atoms with Crippen molar-refractivity contribution in [2.45, 2.75) is 31.3 Å². The number of rotatable bonds is 3. The van der Waals surface area contributed by atoms with E-state index in [1.54, 1.807) is 5.01 Å². The maximum Gasteiger partial charge on any atom is 0.236 e. The number of aliphatic hydroxyl groups is 1. The number of fused-ring (bicyclic) bond motifs is 1. The summed E-state index contributed by atoms with van der Waals surface area (Å²) in [5, 5.41) is 11.7. The number of ether oxygens (including phenoxy) is 1. The Morgan fingerprint density at radius 2 is 2.17 bits per heavy atom. The number of benzene rings is 1. The number of hydrogen-bond donors (Lipinski definition) is 2. The molecule has 2 aliphatic rings. The first-order chi connectivity index (χ1) is 8.74. The van der Waals surface area contributed by atoms with Crippen molar-refractivity contribution >= 4 is 5.91 Å². The van der Waals surface area contributed by atoms with Crippen molar-refractivity contribution in [2.24, 2.45) is 0 Å². The van der Waals surface area contributed by atoms with Crippen LogP contribution < -0.4 is 5.43 Å². The first kappa shape index (κ1) is 11.6. The highest BCUT2D eigenvalue weighted by Crippen LogP contribution is 2.27. The van der Waals surface area contributed by atoms with E-state index in [1.807, 2.05) is 30.3 Å². The second kappa shape index (κ2) is 4.68. The maximum atomic E-state index is 11.3. The van der Waals surface area contributed by atoms with Crippen molar-refractivity contribution in [1.82, 2.24) is 10.4 Å². The van der Waals surface area contributed by atoms with E-state index in [2.05, 4.69) is 5.43 Å². The normalized spacial score (nSPS) is 31.4. The lowest BCUT2D eigenvalue weighted by atomic mass is 10.1. The molecule has 1 aromatic carbocycles. The fourth-order valence-electron chi connectivity index (χ4n) is 2.61. The number of carbonyl (C=O) groups is 1. The first-order valence-corrected chi connectivity index (χ1v) is 6.14. The summed E-state index contributed by atoms with van der Waals surface area (Å²) in [6, 6.07) is 9.79. The van der Waals surface area contributed by atoms with Crippen LogP contribution in [0.25, 0.3) is 0 Å². The lowest BCUT2D eigenvalue weighted by Gasteiger charge is -2.20. The number of carbonyl (C=O) groups excluding carboxylic acids is 1. The predicted molar refractivity (Wildman–Crippen MR) is 64.3 cm³/mol. The molecule has 1 aromatic rings. The fraction of sp³-hybridized carbons (Fsp3) is 0.462. The van der Waals surface area contributed by atoms with Crippen LogP contribution in [-0.4, -0.2) is 40.8 Å². The van der Waals surface area contributed by atoms with E-state index in [1.165, 1.54) is 0 Å². The Balaban J connectivity index is 1.63. The number of nitrogens with zero attached hydrogens (tertiary/aromatic N) is 1. The number of nitrogens with one attached hydrogen (secondary N) is 1. The van der Waals surface area contributed by atoms with Gasteiger partial charge in [0.15, 0.2) is 0 Å². The average Bonchev–Trinajstić information content (AvgIpc) is 2.84. The van der Waals surface area contributed by atoms with Gasteiger partial charge in [0.25, 0.3) is 0 Å². The molecule has 0 bridgehead atoms. The summed E-state index contributed by atoms with van der Waals surface area (Å²) in [7, 11) is 0. The van der Waals surface area contributed by atoms with Crippen LogP contribution in [0.5, 0.6) is 0 Å². The zero-order chi connectivity index (χ0) is 12.5. The van der Waals surface area contributed by atoms with Crippen LogP contribution in [0.1, 0.15) is 12.0 Å². The second-order valence-electron chi connectivity index (χ2n) is 4.79. The Morgan fingerprint density at radius 1 is 1.39 bits per heavy atom. The van der Waals surface area contributed by atoms with Gasteiger partial charge in [0.05, 0.1) is 18.8 Å². The molecule has 0 saturated carbocycles. The zero-order valence-corrected chi connectivity index (χ0v) is 9.95. The molecule has 0 radical (unpaired) electrons. The van der Waals surface area contributed by atoms with Crippen LogP contribution in [0.3, 0.4) is 0 Å². The summed E-state index contributed by atoms with van der Waals surface area (Å²) in [5.74, 6) is 0.000195. The number of hydrazine groups is 1. The smallest absolute Gasteiger partial charge is 0.236 e. The number of amides is 1. The second-order valence-corrected chi connectivity index (χ2v) is 4.79. The molecular weight excluding hydrogens is 232 g/mol. The summed E-state index contributed by atoms with van der Waals surface area (Å²) in [6.45, 7) is 0.900. The van der Waals surface area contributed by atoms with Gasteiger partial charge in [-0.25, -0.2) is 5.01 Å².